The van der Waals surface area contributed by atoms with Crippen LogP contribution >= 0.6 is 0 Å². The van der Waals surface area contributed by atoms with Crippen LogP contribution in [0.1, 0.15) is 30.5 Å². The maximum absolute atomic E-state index is 12.3. The van der Waals surface area contributed by atoms with E-state index in [1.807, 2.05) is 13.0 Å². The standard InChI is InChI=1S/C20H23F2NO4/c1-13(14-4-7-16(8-5-14)27-20(21)22)23-19(24)11-6-15-12-17(25-2)9-10-18(15)26-3/h4-5,7-10,12-13,20H,6,11H2,1-3H3,(H,23,24). The van der Waals surface area contributed by atoms with Crippen molar-refractivity contribution >= 4 is 5.91 Å². The molecule has 5 nitrogen and oxygen atoms in total. The molecule has 0 aliphatic rings. The van der Waals surface area contributed by atoms with Gasteiger partial charge in [-0.15, -0.1) is 0 Å². The van der Waals surface area contributed by atoms with Crippen LogP contribution in [0.15, 0.2) is 42.5 Å². The molecule has 0 saturated carbocycles. The van der Waals surface area contributed by atoms with Gasteiger partial charge in [0.1, 0.15) is 17.2 Å². The molecule has 27 heavy (non-hydrogen) atoms. The van der Waals surface area contributed by atoms with Crippen LogP contribution < -0.4 is 19.5 Å². The Labute approximate surface area is 157 Å². The number of hydrogen-bond donors (Lipinski definition) is 1. The molecule has 146 valence electrons. The Kier molecular flexibility index (Phi) is 7.40. The van der Waals surface area contributed by atoms with Gasteiger partial charge in [0.05, 0.1) is 20.3 Å². The van der Waals surface area contributed by atoms with E-state index >= 15 is 0 Å². The lowest BCUT2D eigenvalue weighted by atomic mass is 10.1. The van der Waals surface area contributed by atoms with Crippen molar-refractivity contribution in [3.63, 3.8) is 0 Å². The van der Waals surface area contributed by atoms with E-state index in [-0.39, 0.29) is 24.1 Å². The summed E-state index contributed by atoms with van der Waals surface area (Å²) in [5.41, 5.74) is 1.68. The highest BCUT2D eigenvalue weighted by Gasteiger charge is 2.12. The third-order valence-corrected chi connectivity index (χ3v) is 4.09. The van der Waals surface area contributed by atoms with Crippen molar-refractivity contribution in [3.05, 3.63) is 53.6 Å². The summed E-state index contributed by atoms with van der Waals surface area (Å²) in [6, 6.07) is 11.4. The molecule has 0 radical (unpaired) electrons. The predicted octanol–water partition coefficient (Wildman–Crippen LogP) is 4.12. The highest BCUT2D eigenvalue weighted by atomic mass is 19.3. The van der Waals surface area contributed by atoms with Crippen molar-refractivity contribution in [2.75, 3.05) is 14.2 Å². The van der Waals surface area contributed by atoms with Crippen LogP contribution in [0.25, 0.3) is 0 Å². The molecule has 2 rings (SSSR count). The number of alkyl halides is 2. The van der Waals surface area contributed by atoms with Crippen LogP contribution in [0.4, 0.5) is 8.78 Å². The SMILES string of the molecule is COc1ccc(OC)c(CCC(=O)NC(C)c2ccc(OC(F)F)cc2)c1. The van der Waals surface area contributed by atoms with Crippen LogP contribution in [0.5, 0.6) is 17.2 Å². The molecule has 0 spiro atoms. The minimum Gasteiger partial charge on any atom is -0.497 e. The Morgan fingerprint density at radius 1 is 1.04 bits per heavy atom. The molecule has 1 N–H and O–H groups in total. The van der Waals surface area contributed by atoms with Gasteiger partial charge in [0.25, 0.3) is 0 Å². The van der Waals surface area contributed by atoms with Crippen LogP contribution in [0.3, 0.4) is 0 Å². The van der Waals surface area contributed by atoms with Gasteiger partial charge in [-0.2, -0.15) is 8.78 Å². The monoisotopic (exact) mass is 379 g/mol. The quantitative estimate of drug-likeness (QED) is 0.712. The number of rotatable bonds is 9. The van der Waals surface area contributed by atoms with Gasteiger partial charge in [-0.25, -0.2) is 0 Å². The molecule has 2 aromatic rings. The summed E-state index contributed by atoms with van der Waals surface area (Å²) < 4.78 is 39.2. The summed E-state index contributed by atoms with van der Waals surface area (Å²) in [5, 5.41) is 2.89. The summed E-state index contributed by atoms with van der Waals surface area (Å²) in [6.07, 6.45) is 0.778. The van der Waals surface area contributed by atoms with Crippen molar-refractivity contribution in [3.8, 4) is 17.2 Å². The zero-order chi connectivity index (χ0) is 19.8. The average Bonchev–Trinajstić information content (AvgIpc) is 2.66. The van der Waals surface area contributed by atoms with Crippen molar-refractivity contribution < 1.29 is 27.8 Å². The number of aryl methyl sites for hydroxylation is 1. The third kappa shape index (κ3) is 6.13. The first-order valence-electron chi connectivity index (χ1n) is 8.48. The number of benzene rings is 2. The van der Waals surface area contributed by atoms with Crippen molar-refractivity contribution in [2.24, 2.45) is 0 Å². The number of ether oxygens (including phenoxy) is 3. The molecule has 1 atom stereocenters. The van der Waals surface area contributed by atoms with Gasteiger partial charge in [-0.05, 0) is 54.8 Å². The third-order valence-electron chi connectivity index (χ3n) is 4.09. The van der Waals surface area contributed by atoms with E-state index in [2.05, 4.69) is 10.1 Å². The Morgan fingerprint density at radius 2 is 1.70 bits per heavy atom. The lowest BCUT2D eigenvalue weighted by Gasteiger charge is -2.16. The van der Waals surface area contributed by atoms with Crippen LogP contribution in [-0.4, -0.2) is 26.7 Å². The maximum Gasteiger partial charge on any atom is 0.387 e. The summed E-state index contributed by atoms with van der Waals surface area (Å²) in [7, 11) is 3.16. The smallest absolute Gasteiger partial charge is 0.387 e. The number of amides is 1. The topological polar surface area (TPSA) is 56.8 Å². The molecule has 0 saturated heterocycles. The van der Waals surface area contributed by atoms with Crippen molar-refractivity contribution in [1.82, 2.24) is 5.32 Å². The molecule has 0 fully saturated rings. The second-order valence-corrected chi connectivity index (χ2v) is 5.91. The first-order chi connectivity index (χ1) is 12.9. The highest BCUT2D eigenvalue weighted by Crippen LogP contribution is 2.25. The highest BCUT2D eigenvalue weighted by molar-refractivity contribution is 5.76. The second-order valence-electron chi connectivity index (χ2n) is 5.91. The lowest BCUT2D eigenvalue weighted by Crippen LogP contribution is -2.26. The number of carbonyl (C=O) groups excluding carboxylic acids is 1. The molecule has 1 amide bonds. The summed E-state index contributed by atoms with van der Waals surface area (Å²) >= 11 is 0. The van der Waals surface area contributed by atoms with Crippen LogP contribution in [-0.2, 0) is 11.2 Å². The number of halogens is 2. The fraction of sp³-hybridized carbons (Fsp3) is 0.350. The van der Waals surface area contributed by atoms with Gasteiger partial charge in [0.15, 0.2) is 0 Å². The molecule has 0 bridgehead atoms. The van der Waals surface area contributed by atoms with Gasteiger partial charge >= 0.3 is 6.61 Å². The van der Waals surface area contributed by atoms with Crippen LogP contribution in [0, 0.1) is 0 Å². The van der Waals surface area contributed by atoms with E-state index < -0.39 is 6.61 Å². The molecule has 7 heteroatoms. The second kappa shape index (κ2) is 9.75. The number of nitrogens with one attached hydrogen (secondary N) is 1. The summed E-state index contributed by atoms with van der Waals surface area (Å²) in [6.45, 7) is -1.03. The van der Waals surface area contributed by atoms with Crippen LogP contribution in [0.2, 0.25) is 0 Å². The fourth-order valence-corrected chi connectivity index (χ4v) is 2.66. The summed E-state index contributed by atoms with van der Waals surface area (Å²) in [5.74, 6) is 1.36. The van der Waals surface area contributed by atoms with E-state index in [0.29, 0.717) is 17.9 Å². The lowest BCUT2D eigenvalue weighted by molar-refractivity contribution is -0.121. The van der Waals surface area contributed by atoms with Gasteiger partial charge < -0.3 is 19.5 Å². The van der Waals surface area contributed by atoms with E-state index in [4.69, 9.17) is 9.47 Å². The Bertz CT molecular complexity index is 750. The molecule has 2 aromatic carbocycles. The molecular weight excluding hydrogens is 356 g/mol. The first kappa shape index (κ1) is 20.5. The van der Waals surface area contributed by atoms with Gasteiger partial charge in [-0.3, -0.25) is 4.79 Å². The van der Waals surface area contributed by atoms with Gasteiger partial charge in [0, 0.05) is 6.42 Å². The maximum atomic E-state index is 12.3. The molecule has 0 heterocycles. The average molecular weight is 379 g/mol. The Balaban J connectivity index is 1.91. The zero-order valence-electron chi connectivity index (χ0n) is 15.5. The molecule has 0 aliphatic carbocycles. The number of carbonyl (C=O) groups is 1. The minimum atomic E-state index is -2.86. The minimum absolute atomic E-state index is 0.0809. The van der Waals surface area contributed by atoms with Gasteiger partial charge in [-0.1, -0.05) is 12.1 Å². The Hall–Kier alpha value is -2.83. The number of hydrogen-bond acceptors (Lipinski definition) is 4. The van der Waals surface area contributed by atoms with E-state index in [9.17, 15) is 13.6 Å². The molecular formula is C20H23F2NO4. The number of methoxy groups -OCH3 is 2. The molecule has 1 unspecified atom stereocenters. The Morgan fingerprint density at radius 3 is 2.30 bits per heavy atom. The summed E-state index contributed by atoms with van der Waals surface area (Å²) in [4.78, 5) is 12.3. The normalized spacial score (nSPS) is 11.8. The van der Waals surface area contributed by atoms with Crippen molar-refractivity contribution in [1.29, 1.82) is 0 Å². The fourth-order valence-electron chi connectivity index (χ4n) is 2.66. The largest absolute Gasteiger partial charge is 0.497 e. The first-order valence-corrected chi connectivity index (χ1v) is 8.48. The van der Waals surface area contributed by atoms with E-state index in [0.717, 1.165) is 11.1 Å². The van der Waals surface area contributed by atoms with E-state index in [1.54, 1.807) is 38.5 Å². The van der Waals surface area contributed by atoms with Gasteiger partial charge in [0.2, 0.25) is 5.91 Å². The zero-order valence-corrected chi connectivity index (χ0v) is 15.5. The van der Waals surface area contributed by atoms with Crippen molar-refractivity contribution in [2.45, 2.75) is 32.4 Å². The predicted molar refractivity (Wildman–Crippen MR) is 97.5 cm³/mol. The molecule has 0 aliphatic heterocycles. The van der Waals surface area contributed by atoms with E-state index in [1.165, 1.54) is 12.1 Å². The molecule has 0 aromatic heterocycles.